The van der Waals surface area contributed by atoms with Crippen molar-refractivity contribution < 1.29 is 9.53 Å². The first-order chi connectivity index (χ1) is 11.7. The summed E-state index contributed by atoms with van der Waals surface area (Å²) < 4.78 is 5.59. The Labute approximate surface area is 148 Å². The molecule has 5 heteroatoms. The van der Waals surface area contributed by atoms with Crippen LogP contribution in [0.15, 0.2) is 29.1 Å². The van der Waals surface area contributed by atoms with Gasteiger partial charge in [-0.3, -0.25) is 9.69 Å². The van der Waals surface area contributed by atoms with Crippen LogP contribution in [0.3, 0.4) is 0 Å². The number of amides is 1. The number of H-pyrrole nitrogens is 1. The normalized spacial score (nSPS) is 18.3. The highest BCUT2D eigenvalue weighted by atomic mass is 16.6. The highest BCUT2D eigenvalue weighted by Gasteiger charge is 2.40. The Hall–Kier alpha value is -2.30. The van der Waals surface area contributed by atoms with E-state index in [1.54, 1.807) is 4.90 Å². The van der Waals surface area contributed by atoms with Crippen molar-refractivity contribution in [2.24, 2.45) is 5.92 Å². The van der Waals surface area contributed by atoms with E-state index in [4.69, 9.17) is 4.74 Å². The van der Waals surface area contributed by atoms with Gasteiger partial charge in [0.15, 0.2) is 5.43 Å². The molecule has 0 fully saturated rings. The first kappa shape index (κ1) is 17.5. The maximum absolute atomic E-state index is 12.9. The SMILES string of the molecule is CCC(C)C1c2[nH]c3ccccc3c(=O)c2CN1C(=O)OC(C)(C)C. The molecule has 1 amide bonds. The summed E-state index contributed by atoms with van der Waals surface area (Å²) in [6.45, 7) is 10.0. The predicted octanol–water partition coefficient (Wildman–Crippen LogP) is 4.37. The fourth-order valence-electron chi connectivity index (χ4n) is 3.44. The molecule has 2 atom stereocenters. The fraction of sp³-hybridized carbons (Fsp3) is 0.500. The van der Waals surface area contributed by atoms with Crippen molar-refractivity contribution in [3.05, 3.63) is 45.7 Å². The van der Waals surface area contributed by atoms with Crippen molar-refractivity contribution in [3.63, 3.8) is 0 Å². The Balaban J connectivity index is 2.11. The van der Waals surface area contributed by atoms with E-state index in [1.807, 2.05) is 45.0 Å². The van der Waals surface area contributed by atoms with Gasteiger partial charge in [-0.1, -0.05) is 32.4 Å². The van der Waals surface area contributed by atoms with E-state index < -0.39 is 5.60 Å². The van der Waals surface area contributed by atoms with E-state index in [-0.39, 0.29) is 23.5 Å². The number of rotatable bonds is 2. The van der Waals surface area contributed by atoms with Gasteiger partial charge in [-0.05, 0) is 38.8 Å². The summed E-state index contributed by atoms with van der Waals surface area (Å²) in [6, 6.07) is 7.32. The third-order valence-corrected chi connectivity index (χ3v) is 4.81. The zero-order valence-electron chi connectivity index (χ0n) is 15.6. The number of pyridine rings is 1. The predicted molar refractivity (Wildman–Crippen MR) is 98.5 cm³/mol. The van der Waals surface area contributed by atoms with Crippen LogP contribution in [0.25, 0.3) is 10.9 Å². The number of nitrogens with zero attached hydrogens (tertiary/aromatic N) is 1. The minimum Gasteiger partial charge on any atom is -0.444 e. The van der Waals surface area contributed by atoms with Crippen LogP contribution in [0.4, 0.5) is 4.79 Å². The van der Waals surface area contributed by atoms with E-state index in [0.29, 0.717) is 17.5 Å². The molecular weight excluding hydrogens is 316 g/mol. The molecule has 0 saturated carbocycles. The number of carbonyl (C=O) groups is 1. The van der Waals surface area contributed by atoms with E-state index >= 15 is 0 Å². The topological polar surface area (TPSA) is 62.4 Å². The van der Waals surface area contributed by atoms with Gasteiger partial charge in [0.25, 0.3) is 0 Å². The lowest BCUT2D eigenvalue weighted by molar-refractivity contribution is 0.0113. The molecule has 3 rings (SSSR count). The lowest BCUT2D eigenvalue weighted by Gasteiger charge is -2.31. The number of aromatic amines is 1. The number of benzene rings is 1. The molecule has 25 heavy (non-hydrogen) atoms. The molecule has 1 aromatic heterocycles. The average molecular weight is 342 g/mol. The number of hydrogen-bond acceptors (Lipinski definition) is 3. The smallest absolute Gasteiger partial charge is 0.411 e. The molecule has 0 bridgehead atoms. The Morgan fingerprint density at radius 1 is 1.36 bits per heavy atom. The van der Waals surface area contributed by atoms with Crippen molar-refractivity contribution >= 4 is 17.0 Å². The van der Waals surface area contributed by atoms with Gasteiger partial charge in [-0.15, -0.1) is 0 Å². The molecule has 2 heterocycles. The van der Waals surface area contributed by atoms with Crippen LogP contribution in [0, 0.1) is 5.92 Å². The molecule has 0 aliphatic carbocycles. The zero-order chi connectivity index (χ0) is 18.4. The van der Waals surface area contributed by atoms with Gasteiger partial charge in [0, 0.05) is 22.2 Å². The highest BCUT2D eigenvalue weighted by Crippen LogP contribution is 2.39. The van der Waals surface area contributed by atoms with Gasteiger partial charge in [0.2, 0.25) is 0 Å². The standard InChI is InChI=1S/C20H26N2O3/c1-6-12(2)17-16-14(11-22(17)19(24)25-20(3,4)5)18(23)13-9-7-8-10-15(13)21-16/h7-10,12,17H,6,11H2,1-5H3,(H,21,23). The summed E-state index contributed by atoms with van der Waals surface area (Å²) in [7, 11) is 0. The number of ether oxygens (including phenoxy) is 1. The highest BCUT2D eigenvalue weighted by molar-refractivity contribution is 5.80. The summed E-state index contributed by atoms with van der Waals surface area (Å²) in [5.74, 6) is 0.214. The third-order valence-electron chi connectivity index (χ3n) is 4.81. The van der Waals surface area contributed by atoms with Crippen molar-refractivity contribution in [2.75, 3.05) is 0 Å². The molecule has 0 saturated heterocycles. The largest absolute Gasteiger partial charge is 0.444 e. The molecule has 0 spiro atoms. The van der Waals surface area contributed by atoms with Crippen LogP contribution in [0.5, 0.6) is 0 Å². The van der Waals surface area contributed by atoms with Gasteiger partial charge in [0.1, 0.15) is 5.60 Å². The van der Waals surface area contributed by atoms with Gasteiger partial charge in [0.05, 0.1) is 12.6 Å². The second-order valence-corrected chi connectivity index (χ2v) is 7.83. The van der Waals surface area contributed by atoms with E-state index in [2.05, 4.69) is 18.8 Å². The van der Waals surface area contributed by atoms with Gasteiger partial charge >= 0.3 is 6.09 Å². The Kier molecular flexibility index (Phi) is 4.35. The van der Waals surface area contributed by atoms with E-state index in [9.17, 15) is 9.59 Å². The number of hydrogen-bond donors (Lipinski definition) is 1. The molecular formula is C20H26N2O3. The molecule has 134 valence electrons. The van der Waals surface area contributed by atoms with E-state index in [0.717, 1.165) is 17.6 Å². The summed E-state index contributed by atoms with van der Waals surface area (Å²) in [4.78, 5) is 30.8. The van der Waals surface area contributed by atoms with Crippen LogP contribution >= 0.6 is 0 Å². The van der Waals surface area contributed by atoms with Crippen molar-refractivity contribution in [1.29, 1.82) is 0 Å². The van der Waals surface area contributed by atoms with Crippen LogP contribution in [0.2, 0.25) is 0 Å². The quantitative estimate of drug-likeness (QED) is 0.881. The first-order valence-corrected chi connectivity index (χ1v) is 8.86. The number of aromatic nitrogens is 1. The van der Waals surface area contributed by atoms with Crippen LogP contribution in [0.1, 0.15) is 58.3 Å². The minimum absolute atomic E-state index is 0.00344. The molecule has 1 aliphatic rings. The lowest BCUT2D eigenvalue weighted by atomic mass is 9.95. The maximum atomic E-state index is 12.9. The Morgan fingerprint density at radius 3 is 2.68 bits per heavy atom. The molecule has 1 N–H and O–H groups in total. The molecule has 5 nitrogen and oxygen atoms in total. The molecule has 2 aromatic rings. The van der Waals surface area contributed by atoms with Crippen molar-refractivity contribution in [2.45, 2.75) is 59.2 Å². The number of fused-ring (bicyclic) bond motifs is 2. The fourth-order valence-corrected chi connectivity index (χ4v) is 3.44. The maximum Gasteiger partial charge on any atom is 0.411 e. The summed E-state index contributed by atoms with van der Waals surface area (Å²) in [5.41, 5.74) is 1.77. The number of nitrogens with one attached hydrogen (secondary N) is 1. The Bertz CT molecular complexity index is 863. The number of para-hydroxylation sites is 1. The van der Waals surface area contributed by atoms with Crippen LogP contribution in [-0.2, 0) is 11.3 Å². The lowest BCUT2D eigenvalue weighted by Crippen LogP contribution is -2.37. The minimum atomic E-state index is -0.569. The summed E-state index contributed by atoms with van der Waals surface area (Å²) >= 11 is 0. The molecule has 0 radical (unpaired) electrons. The third kappa shape index (κ3) is 3.15. The molecule has 1 aromatic carbocycles. The van der Waals surface area contributed by atoms with Gasteiger partial charge < -0.3 is 9.72 Å². The van der Waals surface area contributed by atoms with Crippen molar-refractivity contribution in [1.82, 2.24) is 9.88 Å². The molecule has 1 aliphatic heterocycles. The second-order valence-electron chi connectivity index (χ2n) is 7.83. The van der Waals surface area contributed by atoms with Crippen LogP contribution < -0.4 is 5.43 Å². The molecule has 2 unspecified atom stereocenters. The van der Waals surface area contributed by atoms with Crippen molar-refractivity contribution in [3.8, 4) is 0 Å². The monoisotopic (exact) mass is 342 g/mol. The van der Waals surface area contributed by atoms with E-state index in [1.165, 1.54) is 0 Å². The van der Waals surface area contributed by atoms with Gasteiger partial charge in [-0.2, -0.15) is 0 Å². The summed E-state index contributed by atoms with van der Waals surface area (Å²) in [6.07, 6.45) is 0.531. The first-order valence-electron chi connectivity index (χ1n) is 8.86. The summed E-state index contributed by atoms with van der Waals surface area (Å²) in [5, 5.41) is 0.662. The Morgan fingerprint density at radius 2 is 2.04 bits per heavy atom. The zero-order valence-corrected chi connectivity index (χ0v) is 15.6. The average Bonchev–Trinajstić information content (AvgIpc) is 2.92. The second kappa shape index (κ2) is 6.21. The van der Waals surface area contributed by atoms with Gasteiger partial charge in [-0.25, -0.2) is 4.79 Å². The van der Waals surface area contributed by atoms with Crippen LogP contribution in [-0.4, -0.2) is 21.6 Å². The number of carbonyl (C=O) groups excluding carboxylic acids is 1.